The third-order valence-corrected chi connectivity index (χ3v) is 16.7. The van der Waals surface area contributed by atoms with Crippen LogP contribution < -0.4 is 0 Å². The fraction of sp³-hybridized carbons (Fsp3) is 0.938. The van der Waals surface area contributed by atoms with E-state index in [2.05, 4.69) is 34.6 Å². The van der Waals surface area contributed by atoms with Crippen LogP contribution in [0.2, 0.25) is 0 Å². The van der Waals surface area contributed by atoms with Gasteiger partial charge >= 0.3 is 39.5 Å². The zero-order valence-corrected chi connectivity index (χ0v) is 55.1. The van der Waals surface area contributed by atoms with Crippen molar-refractivity contribution in [2.24, 2.45) is 5.92 Å². The van der Waals surface area contributed by atoms with Gasteiger partial charge in [0.05, 0.1) is 26.4 Å². The zero-order chi connectivity index (χ0) is 61.3. The molecule has 0 radical (unpaired) electrons. The molecule has 0 aliphatic heterocycles. The Kier molecular flexibility index (Phi) is 56.4. The Balaban J connectivity index is 5.22. The fourth-order valence-corrected chi connectivity index (χ4v) is 11.2. The first-order valence-electron chi connectivity index (χ1n) is 33.6. The molecule has 2 unspecified atom stereocenters. The summed E-state index contributed by atoms with van der Waals surface area (Å²) in [4.78, 5) is 72.1. The Morgan fingerprint density at radius 3 is 0.819 bits per heavy atom. The molecule has 0 amide bonds. The Labute approximate surface area is 505 Å². The summed E-state index contributed by atoms with van der Waals surface area (Å²) in [6.07, 6.45) is 41.8. The molecule has 0 aromatic heterocycles. The van der Waals surface area contributed by atoms with Crippen molar-refractivity contribution < 1.29 is 80.2 Å². The first-order valence-corrected chi connectivity index (χ1v) is 36.6. The van der Waals surface area contributed by atoms with Crippen LogP contribution in [0.15, 0.2) is 0 Å². The number of aliphatic hydroxyl groups is 1. The lowest BCUT2D eigenvalue weighted by atomic mass is 10.0. The van der Waals surface area contributed by atoms with Crippen LogP contribution in [0.4, 0.5) is 0 Å². The molecular formula is C64H124O17P2. The van der Waals surface area contributed by atoms with Crippen molar-refractivity contribution in [2.75, 3.05) is 39.6 Å². The topological polar surface area (TPSA) is 237 Å². The van der Waals surface area contributed by atoms with Gasteiger partial charge in [-0.1, -0.05) is 272 Å². The van der Waals surface area contributed by atoms with Gasteiger partial charge in [0.1, 0.15) is 19.3 Å². The molecule has 83 heavy (non-hydrogen) atoms. The molecular weight excluding hydrogens is 1100 g/mol. The molecule has 0 aliphatic carbocycles. The van der Waals surface area contributed by atoms with Crippen molar-refractivity contribution in [3.05, 3.63) is 0 Å². The van der Waals surface area contributed by atoms with Gasteiger partial charge in [0.2, 0.25) is 0 Å². The molecule has 19 heteroatoms. The SMILES string of the molecule is CCCCCCCCCCCCCCCCC(=O)O[C@H](COC(=O)CCCCCCCCCCCCCC)COP(=O)(O)OC[C@@H](O)COP(=O)(O)OC[C@@H](COC(=O)CCCCCCCCCC)OC(=O)CCCCCCCCC(C)C. The summed E-state index contributed by atoms with van der Waals surface area (Å²) < 4.78 is 67.9. The van der Waals surface area contributed by atoms with E-state index in [1.54, 1.807) is 0 Å². The van der Waals surface area contributed by atoms with Crippen molar-refractivity contribution in [2.45, 2.75) is 342 Å². The lowest BCUT2D eigenvalue weighted by Crippen LogP contribution is -2.30. The highest BCUT2D eigenvalue weighted by Crippen LogP contribution is 2.45. The van der Waals surface area contributed by atoms with Gasteiger partial charge in [-0.25, -0.2) is 9.13 Å². The summed E-state index contributed by atoms with van der Waals surface area (Å²) in [5, 5.41) is 10.5. The molecule has 0 saturated heterocycles. The number of hydrogen-bond acceptors (Lipinski definition) is 15. The van der Waals surface area contributed by atoms with Gasteiger partial charge in [0.15, 0.2) is 12.2 Å². The Morgan fingerprint density at radius 2 is 0.554 bits per heavy atom. The Hall–Kier alpha value is -1.94. The number of aliphatic hydroxyl groups excluding tert-OH is 1. The molecule has 17 nitrogen and oxygen atoms in total. The van der Waals surface area contributed by atoms with E-state index in [9.17, 15) is 43.2 Å². The molecule has 492 valence electrons. The molecule has 0 fully saturated rings. The highest BCUT2D eigenvalue weighted by molar-refractivity contribution is 7.47. The van der Waals surface area contributed by atoms with Crippen LogP contribution >= 0.6 is 15.6 Å². The van der Waals surface area contributed by atoms with E-state index in [0.29, 0.717) is 31.6 Å². The van der Waals surface area contributed by atoms with Crippen molar-refractivity contribution in [3.63, 3.8) is 0 Å². The normalized spacial score (nSPS) is 14.2. The average Bonchev–Trinajstić information content (AvgIpc) is 3.47. The monoisotopic (exact) mass is 1230 g/mol. The number of ether oxygens (including phenoxy) is 4. The first-order chi connectivity index (χ1) is 40.0. The molecule has 0 aliphatic rings. The molecule has 5 atom stereocenters. The van der Waals surface area contributed by atoms with Crippen molar-refractivity contribution in [1.29, 1.82) is 0 Å². The second-order valence-electron chi connectivity index (χ2n) is 23.6. The summed E-state index contributed by atoms with van der Waals surface area (Å²) in [7, 11) is -9.88. The molecule has 3 N–H and O–H groups in total. The predicted molar refractivity (Wildman–Crippen MR) is 331 cm³/mol. The second-order valence-corrected chi connectivity index (χ2v) is 26.5. The van der Waals surface area contributed by atoms with Gasteiger partial charge in [-0.3, -0.25) is 37.3 Å². The van der Waals surface area contributed by atoms with E-state index in [1.807, 2.05) is 0 Å². The molecule has 0 aromatic carbocycles. The lowest BCUT2D eigenvalue weighted by molar-refractivity contribution is -0.161. The standard InChI is InChI=1S/C64H124O17P2/c1-6-9-12-15-18-21-23-25-26-28-30-33-39-44-49-63(68)80-59(53-75-62(67)48-43-38-32-29-27-24-22-19-16-13-10-7-2)55-78-82(70,71)76-51-58(65)52-77-83(72,73)79-56-60(54-74-61(66)47-42-37-31-20-17-14-11-8-3)81-64(69)50-45-40-35-34-36-41-46-57(4)5/h57-60,65H,6-56H2,1-5H3,(H,70,71)(H,72,73)/t58-,59-,60-/m1/s1. The minimum absolute atomic E-state index is 0.102. The number of rotatable bonds is 64. The molecule has 0 rings (SSSR count). The van der Waals surface area contributed by atoms with Gasteiger partial charge in [-0.05, 0) is 31.6 Å². The van der Waals surface area contributed by atoms with E-state index in [0.717, 1.165) is 96.3 Å². The summed E-state index contributed by atoms with van der Waals surface area (Å²) in [6, 6.07) is 0. The maximum atomic E-state index is 13.0. The van der Waals surface area contributed by atoms with E-state index in [-0.39, 0.29) is 25.7 Å². The van der Waals surface area contributed by atoms with Crippen LogP contribution in [-0.4, -0.2) is 96.7 Å². The van der Waals surface area contributed by atoms with Crippen LogP contribution in [0.1, 0.15) is 324 Å². The van der Waals surface area contributed by atoms with E-state index in [1.165, 1.54) is 141 Å². The predicted octanol–water partition coefficient (Wildman–Crippen LogP) is 17.8. The van der Waals surface area contributed by atoms with Gasteiger partial charge in [0, 0.05) is 25.7 Å². The van der Waals surface area contributed by atoms with Gasteiger partial charge in [0.25, 0.3) is 0 Å². The maximum absolute atomic E-state index is 13.0. The van der Waals surface area contributed by atoms with Gasteiger partial charge < -0.3 is 33.8 Å². The second kappa shape index (κ2) is 57.8. The number of carbonyl (C=O) groups excluding carboxylic acids is 4. The maximum Gasteiger partial charge on any atom is 0.472 e. The minimum atomic E-state index is -4.94. The van der Waals surface area contributed by atoms with Crippen LogP contribution in [0.3, 0.4) is 0 Å². The third kappa shape index (κ3) is 58.8. The minimum Gasteiger partial charge on any atom is -0.462 e. The van der Waals surface area contributed by atoms with Crippen molar-refractivity contribution >= 4 is 39.5 Å². The molecule has 0 saturated carbocycles. The smallest absolute Gasteiger partial charge is 0.462 e. The average molecular weight is 1230 g/mol. The number of carbonyl (C=O) groups is 4. The first kappa shape index (κ1) is 81.1. The largest absolute Gasteiger partial charge is 0.472 e. The fourth-order valence-electron chi connectivity index (χ4n) is 9.58. The van der Waals surface area contributed by atoms with E-state index in [4.69, 9.17) is 37.0 Å². The third-order valence-electron chi connectivity index (χ3n) is 14.8. The zero-order valence-electron chi connectivity index (χ0n) is 53.3. The number of phosphoric ester groups is 2. The summed E-state index contributed by atoms with van der Waals surface area (Å²) in [6.45, 7) is 7.08. The number of unbranched alkanes of at least 4 members (excludes halogenated alkanes) is 36. The lowest BCUT2D eigenvalue weighted by Gasteiger charge is -2.21. The quantitative estimate of drug-likeness (QED) is 0.0222. The van der Waals surface area contributed by atoms with E-state index < -0.39 is 97.5 Å². The summed E-state index contributed by atoms with van der Waals surface area (Å²) in [5.41, 5.74) is 0. The molecule has 0 spiro atoms. The highest BCUT2D eigenvalue weighted by atomic mass is 31.2. The van der Waals surface area contributed by atoms with Crippen molar-refractivity contribution in [3.8, 4) is 0 Å². The Morgan fingerprint density at radius 1 is 0.325 bits per heavy atom. The van der Waals surface area contributed by atoms with Crippen LogP contribution in [0.5, 0.6) is 0 Å². The number of esters is 4. The Bertz CT molecular complexity index is 1620. The van der Waals surface area contributed by atoms with Crippen LogP contribution in [0.25, 0.3) is 0 Å². The van der Waals surface area contributed by atoms with Crippen LogP contribution in [0, 0.1) is 5.92 Å². The van der Waals surface area contributed by atoms with Gasteiger partial charge in [-0.2, -0.15) is 0 Å². The molecule has 0 aromatic rings. The van der Waals surface area contributed by atoms with E-state index >= 15 is 0 Å². The molecule has 0 heterocycles. The van der Waals surface area contributed by atoms with Crippen molar-refractivity contribution in [1.82, 2.24) is 0 Å². The number of hydrogen-bond donors (Lipinski definition) is 3. The van der Waals surface area contributed by atoms with Gasteiger partial charge in [-0.15, -0.1) is 0 Å². The number of phosphoric acid groups is 2. The van der Waals surface area contributed by atoms with Crippen LogP contribution in [-0.2, 0) is 65.4 Å². The highest BCUT2D eigenvalue weighted by Gasteiger charge is 2.30. The molecule has 0 bridgehead atoms. The summed E-state index contributed by atoms with van der Waals surface area (Å²) >= 11 is 0. The summed E-state index contributed by atoms with van der Waals surface area (Å²) in [5.74, 6) is -1.47.